The van der Waals surface area contributed by atoms with E-state index in [1.54, 1.807) is 25.1 Å². The fourth-order valence-electron chi connectivity index (χ4n) is 2.88. The summed E-state index contributed by atoms with van der Waals surface area (Å²) in [7, 11) is 0. The molecule has 0 aliphatic rings. The van der Waals surface area contributed by atoms with Gasteiger partial charge < -0.3 is 9.47 Å². The van der Waals surface area contributed by atoms with Crippen LogP contribution in [0.5, 0.6) is 11.5 Å². The van der Waals surface area contributed by atoms with Gasteiger partial charge in [0.05, 0.1) is 18.8 Å². The number of hydrogen-bond donors (Lipinski definition) is 2. The molecule has 2 amide bonds. The summed E-state index contributed by atoms with van der Waals surface area (Å²) in [5.74, 6) is -0.128. The Morgan fingerprint density at radius 3 is 2.32 bits per heavy atom. The van der Waals surface area contributed by atoms with E-state index in [1.165, 1.54) is 4.68 Å². The SMILES string of the molecule is CCOc1ccccc1OCC(=O)NNC(=O)c1c(C)nn(Cc2ccccc2)c1Cl. The first-order valence-electron chi connectivity index (χ1n) is 9.70. The predicted molar refractivity (Wildman–Crippen MR) is 116 cm³/mol. The molecule has 1 aromatic heterocycles. The van der Waals surface area contributed by atoms with Gasteiger partial charge in [0.25, 0.3) is 11.8 Å². The van der Waals surface area contributed by atoms with Crippen molar-refractivity contribution in [3.05, 3.63) is 76.6 Å². The van der Waals surface area contributed by atoms with Crippen molar-refractivity contribution in [3.63, 3.8) is 0 Å². The fourth-order valence-corrected chi connectivity index (χ4v) is 3.21. The highest BCUT2D eigenvalue weighted by molar-refractivity contribution is 6.33. The third-order valence-electron chi connectivity index (χ3n) is 4.29. The summed E-state index contributed by atoms with van der Waals surface area (Å²) in [5, 5.41) is 4.52. The zero-order valence-corrected chi connectivity index (χ0v) is 18.0. The number of aromatic nitrogens is 2. The predicted octanol–water partition coefficient (Wildman–Crippen LogP) is 3.13. The van der Waals surface area contributed by atoms with Gasteiger partial charge in [-0.15, -0.1) is 0 Å². The number of amides is 2. The minimum atomic E-state index is -0.565. The Hall–Kier alpha value is -3.52. The molecule has 0 saturated heterocycles. The fraction of sp³-hybridized carbons (Fsp3) is 0.227. The van der Waals surface area contributed by atoms with Gasteiger partial charge in [0.15, 0.2) is 18.1 Å². The van der Waals surface area contributed by atoms with Gasteiger partial charge in [0.1, 0.15) is 10.7 Å². The molecule has 31 heavy (non-hydrogen) atoms. The molecule has 0 saturated carbocycles. The summed E-state index contributed by atoms with van der Waals surface area (Å²) in [6.07, 6.45) is 0. The smallest absolute Gasteiger partial charge is 0.276 e. The van der Waals surface area contributed by atoms with Gasteiger partial charge in [-0.25, -0.2) is 4.68 Å². The molecule has 3 rings (SSSR count). The van der Waals surface area contributed by atoms with Crippen LogP contribution < -0.4 is 20.3 Å². The van der Waals surface area contributed by atoms with Crippen LogP contribution in [0.1, 0.15) is 28.5 Å². The molecule has 2 aromatic carbocycles. The zero-order valence-electron chi connectivity index (χ0n) is 17.2. The number of hydrogen-bond acceptors (Lipinski definition) is 5. The number of nitrogens with zero attached hydrogens (tertiary/aromatic N) is 2. The Morgan fingerprint density at radius 2 is 1.65 bits per heavy atom. The van der Waals surface area contributed by atoms with Crippen molar-refractivity contribution >= 4 is 23.4 Å². The molecular weight excluding hydrogens is 420 g/mol. The molecule has 2 N–H and O–H groups in total. The van der Waals surface area contributed by atoms with Crippen molar-refractivity contribution in [2.45, 2.75) is 20.4 Å². The van der Waals surface area contributed by atoms with E-state index in [4.69, 9.17) is 21.1 Å². The quantitative estimate of drug-likeness (QED) is 0.523. The molecule has 0 atom stereocenters. The number of nitrogens with one attached hydrogen (secondary N) is 2. The van der Waals surface area contributed by atoms with Crippen LogP contribution in [0, 0.1) is 6.92 Å². The van der Waals surface area contributed by atoms with Crippen LogP contribution in [0.2, 0.25) is 5.15 Å². The molecule has 0 aliphatic heterocycles. The van der Waals surface area contributed by atoms with Crippen molar-refractivity contribution in [1.29, 1.82) is 0 Å². The van der Waals surface area contributed by atoms with Crippen molar-refractivity contribution in [2.75, 3.05) is 13.2 Å². The molecule has 8 nitrogen and oxygen atoms in total. The first-order valence-corrected chi connectivity index (χ1v) is 10.1. The maximum absolute atomic E-state index is 12.5. The molecule has 0 spiro atoms. The van der Waals surface area contributed by atoms with Gasteiger partial charge >= 0.3 is 0 Å². The highest BCUT2D eigenvalue weighted by Gasteiger charge is 2.21. The molecule has 0 fully saturated rings. The molecule has 3 aromatic rings. The maximum Gasteiger partial charge on any atom is 0.276 e. The van der Waals surface area contributed by atoms with E-state index >= 15 is 0 Å². The van der Waals surface area contributed by atoms with Crippen molar-refractivity contribution < 1.29 is 19.1 Å². The van der Waals surface area contributed by atoms with Gasteiger partial charge in [0, 0.05) is 0 Å². The Morgan fingerprint density at radius 1 is 1.00 bits per heavy atom. The molecular formula is C22H23ClN4O4. The van der Waals surface area contributed by atoms with E-state index in [0.29, 0.717) is 30.3 Å². The third kappa shape index (κ3) is 5.76. The van der Waals surface area contributed by atoms with Crippen LogP contribution in [0.4, 0.5) is 0 Å². The number of aryl methyl sites for hydroxylation is 1. The van der Waals surface area contributed by atoms with Gasteiger partial charge in [-0.05, 0) is 31.5 Å². The number of rotatable bonds is 8. The van der Waals surface area contributed by atoms with Crippen LogP contribution >= 0.6 is 11.6 Å². The van der Waals surface area contributed by atoms with Gasteiger partial charge in [-0.1, -0.05) is 54.1 Å². The lowest BCUT2D eigenvalue weighted by Gasteiger charge is -2.12. The number of halogens is 1. The van der Waals surface area contributed by atoms with Crippen molar-refractivity contribution in [2.24, 2.45) is 0 Å². The lowest BCUT2D eigenvalue weighted by molar-refractivity contribution is -0.123. The first kappa shape index (κ1) is 22.2. The average Bonchev–Trinajstić information content (AvgIpc) is 3.05. The van der Waals surface area contributed by atoms with E-state index in [9.17, 15) is 9.59 Å². The second kappa shape index (κ2) is 10.5. The van der Waals surface area contributed by atoms with Crippen molar-refractivity contribution in [1.82, 2.24) is 20.6 Å². The molecule has 0 bridgehead atoms. The summed E-state index contributed by atoms with van der Waals surface area (Å²) in [4.78, 5) is 24.6. The molecule has 0 radical (unpaired) electrons. The third-order valence-corrected chi connectivity index (χ3v) is 4.67. The minimum Gasteiger partial charge on any atom is -0.490 e. The lowest BCUT2D eigenvalue weighted by atomic mass is 10.2. The van der Waals surface area contributed by atoms with E-state index in [2.05, 4.69) is 16.0 Å². The van der Waals surface area contributed by atoms with E-state index in [1.807, 2.05) is 43.3 Å². The van der Waals surface area contributed by atoms with Crippen LogP contribution in [0.3, 0.4) is 0 Å². The minimum absolute atomic E-state index is 0.190. The Labute approximate surface area is 185 Å². The number of carbonyl (C=O) groups is 2. The number of hydrazine groups is 1. The molecule has 0 aliphatic carbocycles. The molecule has 9 heteroatoms. The summed E-state index contributed by atoms with van der Waals surface area (Å²) >= 11 is 6.37. The molecule has 162 valence electrons. The van der Waals surface area contributed by atoms with Crippen molar-refractivity contribution in [3.8, 4) is 11.5 Å². The first-order chi connectivity index (χ1) is 15.0. The van der Waals surface area contributed by atoms with Crippen LogP contribution in [0.15, 0.2) is 54.6 Å². The lowest BCUT2D eigenvalue weighted by Crippen LogP contribution is -2.44. The Balaban J connectivity index is 1.56. The van der Waals surface area contributed by atoms with Crippen LogP contribution in [0.25, 0.3) is 0 Å². The zero-order chi connectivity index (χ0) is 22.2. The van der Waals surface area contributed by atoms with Gasteiger partial charge in [-0.2, -0.15) is 5.10 Å². The average molecular weight is 443 g/mol. The summed E-state index contributed by atoms with van der Waals surface area (Å²) in [5.41, 5.74) is 6.31. The van der Waals surface area contributed by atoms with Crippen LogP contribution in [-0.2, 0) is 11.3 Å². The van der Waals surface area contributed by atoms with E-state index in [-0.39, 0.29) is 17.3 Å². The normalized spacial score (nSPS) is 10.4. The molecule has 0 unspecified atom stereocenters. The maximum atomic E-state index is 12.5. The van der Waals surface area contributed by atoms with Crippen LogP contribution in [-0.4, -0.2) is 34.8 Å². The topological polar surface area (TPSA) is 94.5 Å². The number of benzene rings is 2. The second-order valence-corrected chi connectivity index (χ2v) is 6.92. The summed E-state index contributed by atoms with van der Waals surface area (Å²) in [6, 6.07) is 16.7. The second-order valence-electron chi connectivity index (χ2n) is 6.57. The highest BCUT2D eigenvalue weighted by atomic mass is 35.5. The number of ether oxygens (including phenoxy) is 2. The van der Waals surface area contributed by atoms with Gasteiger partial charge in [0.2, 0.25) is 0 Å². The highest BCUT2D eigenvalue weighted by Crippen LogP contribution is 2.26. The Bertz CT molecular complexity index is 1050. The van der Waals surface area contributed by atoms with Gasteiger partial charge in [-0.3, -0.25) is 20.4 Å². The number of carbonyl (C=O) groups excluding carboxylic acids is 2. The number of para-hydroxylation sites is 2. The monoisotopic (exact) mass is 442 g/mol. The Kier molecular flexibility index (Phi) is 7.50. The standard InChI is InChI=1S/C22H23ClN4O4/c1-3-30-17-11-7-8-12-18(17)31-14-19(28)24-25-22(29)20-15(2)26-27(21(20)23)13-16-9-5-4-6-10-16/h4-12H,3,13-14H2,1-2H3,(H,24,28)(H,25,29). The largest absolute Gasteiger partial charge is 0.490 e. The molecule has 1 heterocycles. The van der Waals surface area contributed by atoms with E-state index < -0.39 is 11.8 Å². The summed E-state index contributed by atoms with van der Waals surface area (Å²) < 4.78 is 12.5. The van der Waals surface area contributed by atoms with E-state index in [0.717, 1.165) is 5.56 Å². The summed E-state index contributed by atoms with van der Waals surface area (Å²) in [6.45, 7) is 4.13.